The molecule has 3 heterocycles. The molecule has 1 atom stereocenters. The second-order valence-corrected chi connectivity index (χ2v) is 8.94. The number of amides is 2. The Morgan fingerprint density at radius 3 is 2.42 bits per heavy atom. The average Bonchev–Trinajstić information content (AvgIpc) is 2.92. The second kappa shape index (κ2) is 8.13. The molecule has 31 heavy (non-hydrogen) atoms. The van der Waals surface area contributed by atoms with Gasteiger partial charge in [-0.3, -0.25) is 14.5 Å². The van der Waals surface area contributed by atoms with Crippen LogP contribution in [0.2, 0.25) is 5.02 Å². The Morgan fingerprint density at radius 2 is 1.65 bits per heavy atom. The molecule has 0 radical (unpaired) electrons. The lowest BCUT2D eigenvalue weighted by Crippen LogP contribution is -2.63. The zero-order valence-electron chi connectivity index (χ0n) is 17.4. The fourth-order valence-electron chi connectivity index (χ4n) is 5.41. The van der Waals surface area contributed by atoms with Crippen molar-refractivity contribution in [3.05, 3.63) is 76.4 Å². The Bertz CT molecular complexity index is 1030. The lowest BCUT2D eigenvalue weighted by Gasteiger charge is -2.51. The molecule has 0 aromatic heterocycles. The maximum Gasteiger partial charge on any atom is 0.272 e. The van der Waals surface area contributed by atoms with Crippen molar-refractivity contribution in [2.24, 2.45) is 0 Å². The summed E-state index contributed by atoms with van der Waals surface area (Å²) in [5.74, 6) is -0.340. The minimum Gasteiger partial charge on any atom is -0.317 e. The van der Waals surface area contributed by atoms with Crippen LogP contribution in [0.3, 0.4) is 0 Å². The number of benzene rings is 2. The molecule has 2 amide bonds. The third-order valence-electron chi connectivity index (χ3n) is 6.75. The number of carbonyl (C=O) groups is 2. The number of halogens is 1. The lowest BCUT2D eigenvalue weighted by atomic mass is 9.86. The summed E-state index contributed by atoms with van der Waals surface area (Å²) in [4.78, 5) is 31.2. The summed E-state index contributed by atoms with van der Waals surface area (Å²) >= 11 is 6.17. The van der Waals surface area contributed by atoms with E-state index >= 15 is 0 Å². The molecule has 0 aliphatic carbocycles. The van der Waals surface area contributed by atoms with Crippen molar-refractivity contribution in [1.82, 2.24) is 15.1 Å². The van der Waals surface area contributed by atoms with Crippen LogP contribution in [0.15, 0.2) is 60.3 Å². The Kier molecular flexibility index (Phi) is 5.32. The van der Waals surface area contributed by atoms with Crippen LogP contribution in [0, 0.1) is 0 Å². The average molecular weight is 436 g/mol. The molecule has 0 saturated carbocycles. The third kappa shape index (κ3) is 3.36. The monoisotopic (exact) mass is 435 g/mol. The van der Waals surface area contributed by atoms with Crippen LogP contribution in [0.1, 0.15) is 48.0 Å². The number of rotatable bonds is 3. The summed E-state index contributed by atoms with van der Waals surface area (Å²) in [6, 6.07) is 16.7. The minimum atomic E-state index is -0.501. The fourth-order valence-corrected chi connectivity index (χ4v) is 5.54. The van der Waals surface area contributed by atoms with Gasteiger partial charge in [0.2, 0.25) is 0 Å². The fraction of sp³-hybridized carbons (Fsp3) is 0.360. The summed E-state index contributed by atoms with van der Waals surface area (Å²) in [5, 5.41) is 3.65. The van der Waals surface area contributed by atoms with Gasteiger partial charge in [-0.25, -0.2) is 0 Å². The van der Waals surface area contributed by atoms with Crippen LogP contribution in [-0.2, 0) is 4.79 Å². The van der Waals surface area contributed by atoms with Crippen molar-refractivity contribution in [2.75, 3.05) is 19.6 Å². The largest absolute Gasteiger partial charge is 0.317 e. The lowest BCUT2D eigenvalue weighted by molar-refractivity contribution is -0.139. The topological polar surface area (TPSA) is 52.7 Å². The molecule has 1 spiro atoms. The van der Waals surface area contributed by atoms with Gasteiger partial charge < -0.3 is 10.2 Å². The highest BCUT2D eigenvalue weighted by Gasteiger charge is 2.57. The van der Waals surface area contributed by atoms with Crippen molar-refractivity contribution in [1.29, 1.82) is 0 Å². The van der Waals surface area contributed by atoms with E-state index in [9.17, 15) is 9.59 Å². The van der Waals surface area contributed by atoms with E-state index in [0.29, 0.717) is 22.8 Å². The molecule has 1 N–H and O–H groups in total. The van der Waals surface area contributed by atoms with Crippen molar-refractivity contribution in [3.8, 4) is 0 Å². The summed E-state index contributed by atoms with van der Waals surface area (Å²) in [5.41, 5.74) is 2.31. The second-order valence-electron chi connectivity index (χ2n) is 8.50. The molecule has 0 bridgehead atoms. The van der Waals surface area contributed by atoms with Gasteiger partial charge in [-0.15, -0.1) is 0 Å². The van der Waals surface area contributed by atoms with Crippen LogP contribution in [0.4, 0.5) is 0 Å². The van der Waals surface area contributed by atoms with Gasteiger partial charge in [-0.2, -0.15) is 0 Å². The standard InChI is InChI=1S/C25H26ClN3O2/c26-20-12-10-18(11-13-20)21-22(27-23(30)19-8-3-1-4-9-19)24(31)29-17-7-16-28-15-6-2-5-14-25(21,28)29/h1,3-4,8-13H,2,5-7,14-17H2,(H,27,30). The van der Waals surface area contributed by atoms with Crippen LogP contribution < -0.4 is 5.32 Å². The Balaban J connectivity index is 1.67. The predicted molar refractivity (Wildman–Crippen MR) is 121 cm³/mol. The predicted octanol–water partition coefficient (Wildman–Crippen LogP) is 4.30. The van der Waals surface area contributed by atoms with Crippen molar-refractivity contribution in [3.63, 3.8) is 0 Å². The van der Waals surface area contributed by atoms with Gasteiger partial charge in [0.25, 0.3) is 11.8 Å². The molecule has 3 aliphatic heterocycles. The maximum atomic E-state index is 13.7. The third-order valence-corrected chi connectivity index (χ3v) is 7.00. The van der Waals surface area contributed by atoms with E-state index in [1.807, 2.05) is 47.4 Å². The molecule has 5 nitrogen and oxygen atoms in total. The summed E-state index contributed by atoms with van der Waals surface area (Å²) in [7, 11) is 0. The first-order chi connectivity index (χ1) is 15.1. The van der Waals surface area contributed by atoms with E-state index in [4.69, 9.17) is 11.6 Å². The Morgan fingerprint density at radius 1 is 0.903 bits per heavy atom. The highest BCUT2D eigenvalue weighted by molar-refractivity contribution is 6.30. The first kappa shape index (κ1) is 20.3. The number of nitrogens with zero attached hydrogens (tertiary/aromatic N) is 2. The van der Waals surface area contributed by atoms with E-state index in [1.54, 1.807) is 12.1 Å². The molecule has 2 saturated heterocycles. The summed E-state index contributed by atoms with van der Waals surface area (Å²) in [6.07, 6.45) is 5.16. The zero-order valence-corrected chi connectivity index (χ0v) is 18.2. The van der Waals surface area contributed by atoms with Gasteiger partial charge in [0.15, 0.2) is 0 Å². The Hall–Kier alpha value is -2.63. The van der Waals surface area contributed by atoms with Crippen molar-refractivity contribution >= 4 is 29.0 Å². The van der Waals surface area contributed by atoms with E-state index in [-0.39, 0.29) is 11.8 Å². The number of hydrogen-bond donors (Lipinski definition) is 1. The van der Waals surface area contributed by atoms with E-state index in [1.165, 1.54) is 0 Å². The normalized spacial score (nSPS) is 23.9. The molecule has 2 fully saturated rings. The van der Waals surface area contributed by atoms with Crippen LogP contribution in [0.25, 0.3) is 5.57 Å². The highest BCUT2D eigenvalue weighted by atomic mass is 35.5. The van der Waals surface area contributed by atoms with Gasteiger partial charge in [0.05, 0.1) is 0 Å². The minimum absolute atomic E-state index is 0.0826. The van der Waals surface area contributed by atoms with Gasteiger partial charge in [0, 0.05) is 35.8 Å². The Labute approximate surface area is 187 Å². The quantitative estimate of drug-likeness (QED) is 0.782. The van der Waals surface area contributed by atoms with Gasteiger partial charge in [-0.05, 0) is 55.5 Å². The van der Waals surface area contributed by atoms with E-state index in [2.05, 4.69) is 10.2 Å². The van der Waals surface area contributed by atoms with Gasteiger partial charge >= 0.3 is 0 Å². The van der Waals surface area contributed by atoms with Crippen molar-refractivity contribution < 1.29 is 9.59 Å². The molecule has 3 aliphatic rings. The summed E-state index contributed by atoms with van der Waals surface area (Å²) < 4.78 is 0. The first-order valence-corrected chi connectivity index (χ1v) is 11.4. The van der Waals surface area contributed by atoms with Crippen molar-refractivity contribution in [2.45, 2.75) is 37.8 Å². The van der Waals surface area contributed by atoms with Crippen LogP contribution in [-0.4, -0.2) is 46.9 Å². The molecule has 2 aromatic carbocycles. The molecular formula is C25H26ClN3O2. The number of nitrogens with one attached hydrogen (secondary N) is 1. The molecule has 5 rings (SSSR count). The van der Waals surface area contributed by atoms with E-state index in [0.717, 1.165) is 56.3 Å². The molecule has 2 aromatic rings. The summed E-state index contributed by atoms with van der Waals surface area (Å²) in [6.45, 7) is 2.62. The highest BCUT2D eigenvalue weighted by Crippen LogP contribution is 2.49. The SMILES string of the molecule is O=C(NC1=C(c2ccc(Cl)cc2)C23CCCCCN2CCCN3C1=O)c1ccccc1. The number of carbonyl (C=O) groups excluding carboxylic acids is 2. The smallest absolute Gasteiger partial charge is 0.272 e. The van der Waals surface area contributed by atoms with E-state index < -0.39 is 5.66 Å². The molecular weight excluding hydrogens is 410 g/mol. The zero-order chi connectivity index (χ0) is 21.4. The van der Waals surface area contributed by atoms with Gasteiger partial charge in [0.1, 0.15) is 11.4 Å². The van der Waals surface area contributed by atoms with Gasteiger partial charge in [-0.1, -0.05) is 48.4 Å². The molecule has 6 heteroatoms. The molecule has 160 valence electrons. The first-order valence-electron chi connectivity index (χ1n) is 11.1. The number of hydrogen-bond acceptors (Lipinski definition) is 3. The van der Waals surface area contributed by atoms with Crippen LogP contribution in [0.5, 0.6) is 0 Å². The molecule has 1 unspecified atom stereocenters. The van der Waals surface area contributed by atoms with Crippen LogP contribution >= 0.6 is 11.6 Å². The maximum absolute atomic E-state index is 13.7.